The van der Waals surface area contributed by atoms with Crippen molar-refractivity contribution in [1.29, 1.82) is 0 Å². The van der Waals surface area contributed by atoms with Crippen molar-refractivity contribution >= 4 is 23.5 Å². The van der Waals surface area contributed by atoms with Crippen molar-refractivity contribution in [3.05, 3.63) is 47.9 Å². The molecule has 0 spiro atoms. The molecule has 0 aliphatic carbocycles. The van der Waals surface area contributed by atoms with Gasteiger partial charge in [0, 0.05) is 18.7 Å². The standard InChI is InChI=1S/C18H18N2O6/c1-25-13-4-2-12(3-5-13)20-10-11(8-16(20)21)17(22)19-9-14-6-7-15(26-14)18(23)24/h2-7,11H,8-10H2,1H3,(H,19,22)(H,23,24). The Balaban J connectivity index is 1.58. The van der Waals surface area contributed by atoms with Crippen molar-refractivity contribution in [1.82, 2.24) is 5.32 Å². The van der Waals surface area contributed by atoms with Crippen LogP contribution in [-0.2, 0) is 16.1 Å². The summed E-state index contributed by atoms with van der Waals surface area (Å²) in [4.78, 5) is 36.9. The topological polar surface area (TPSA) is 109 Å². The number of aromatic carboxylic acids is 1. The zero-order valence-electron chi connectivity index (χ0n) is 14.1. The third-order valence-corrected chi connectivity index (χ3v) is 4.19. The van der Waals surface area contributed by atoms with Crippen molar-refractivity contribution < 1.29 is 28.6 Å². The largest absolute Gasteiger partial charge is 0.497 e. The number of nitrogens with zero attached hydrogens (tertiary/aromatic N) is 1. The molecule has 8 heteroatoms. The lowest BCUT2D eigenvalue weighted by Gasteiger charge is -2.17. The van der Waals surface area contributed by atoms with Crippen LogP contribution in [0.3, 0.4) is 0 Å². The Bertz CT molecular complexity index is 826. The van der Waals surface area contributed by atoms with Crippen LogP contribution in [0.15, 0.2) is 40.8 Å². The minimum absolute atomic E-state index is 0.0688. The number of methoxy groups -OCH3 is 1. The van der Waals surface area contributed by atoms with E-state index in [0.29, 0.717) is 17.2 Å². The van der Waals surface area contributed by atoms with Gasteiger partial charge in [-0.25, -0.2) is 4.79 Å². The molecule has 1 saturated heterocycles. The Labute approximate surface area is 149 Å². The molecule has 3 rings (SSSR count). The number of anilines is 1. The van der Waals surface area contributed by atoms with Gasteiger partial charge in [-0.1, -0.05) is 0 Å². The summed E-state index contributed by atoms with van der Waals surface area (Å²) in [6.45, 7) is 0.356. The highest BCUT2D eigenvalue weighted by atomic mass is 16.5. The maximum absolute atomic E-state index is 12.3. The van der Waals surface area contributed by atoms with Gasteiger partial charge in [0.15, 0.2) is 0 Å². The van der Waals surface area contributed by atoms with Crippen LogP contribution in [0.25, 0.3) is 0 Å². The van der Waals surface area contributed by atoms with E-state index in [4.69, 9.17) is 14.3 Å². The van der Waals surface area contributed by atoms with Gasteiger partial charge >= 0.3 is 5.97 Å². The molecule has 1 aromatic heterocycles. The average molecular weight is 358 g/mol. The van der Waals surface area contributed by atoms with Gasteiger partial charge in [0.05, 0.1) is 19.6 Å². The molecule has 1 aromatic carbocycles. The number of furan rings is 1. The zero-order valence-corrected chi connectivity index (χ0v) is 14.1. The van der Waals surface area contributed by atoms with Gasteiger partial charge in [-0.3, -0.25) is 9.59 Å². The molecule has 0 saturated carbocycles. The van der Waals surface area contributed by atoms with Crippen molar-refractivity contribution in [2.45, 2.75) is 13.0 Å². The SMILES string of the molecule is COc1ccc(N2CC(C(=O)NCc3ccc(C(=O)O)o3)CC2=O)cc1. The van der Waals surface area contributed by atoms with E-state index in [1.807, 2.05) is 0 Å². The second kappa shape index (κ2) is 7.30. The quantitative estimate of drug-likeness (QED) is 0.813. The highest BCUT2D eigenvalue weighted by Crippen LogP contribution is 2.27. The van der Waals surface area contributed by atoms with Crippen LogP contribution in [0.2, 0.25) is 0 Å². The Kier molecular flexibility index (Phi) is 4.92. The van der Waals surface area contributed by atoms with Crippen LogP contribution in [0, 0.1) is 5.92 Å². The number of carboxylic acids is 1. The molecule has 2 aromatic rings. The number of amides is 2. The van der Waals surface area contributed by atoms with Gasteiger partial charge in [-0.05, 0) is 36.4 Å². The first-order chi connectivity index (χ1) is 12.5. The Morgan fingerprint density at radius 2 is 2.00 bits per heavy atom. The molecule has 1 atom stereocenters. The highest BCUT2D eigenvalue weighted by Gasteiger charge is 2.35. The number of carboxylic acid groups (broad SMARTS) is 1. The lowest BCUT2D eigenvalue weighted by molar-refractivity contribution is -0.126. The van der Waals surface area contributed by atoms with E-state index in [1.54, 1.807) is 36.3 Å². The van der Waals surface area contributed by atoms with Crippen LogP contribution in [0.1, 0.15) is 22.7 Å². The Hall–Kier alpha value is -3.29. The summed E-state index contributed by atoms with van der Waals surface area (Å²) in [5.74, 6) is -1.20. The smallest absolute Gasteiger partial charge is 0.371 e. The molecule has 0 radical (unpaired) electrons. The van der Waals surface area contributed by atoms with Gasteiger partial charge in [-0.15, -0.1) is 0 Å². The van der Waals surface area contributed by atoms with Gasteiger partial charge in [0.2, 0.25) is 17.6 Å². The maximum Gasteiger partial charge on any atom is 0.371 e. The van der Waals surface area contributed by atoms with Crippen molar-refractivity contribution in [3.8, 4) is 5.75 Å². The number of benzene rings is 1. The number of hydrogen-bond donors (Lipinski definition) is 2. The third kappa shape index (κ3) is 3.69. The van der Waals surface area contributed by atoms with E-state index in [9.17, 15) is 14.4 Å². The first-order valence-electron chi connectivity index (χ1n) is 8.02. The summed E-state index contributed by atoms with van der Waals surface area (Å²) >= 11 is 0. The summed E-state index contributed by atoms with van der Waals surface area (Å²) < 4.78 is 10.2. The zero-order chi connectivity index (χ0) is 18.7. The summed E-state index contributed by atoms with van der Waals surface area (Å²) in [6, 6.07) is 9.88. The van der Waals surface area contributed by atoms with E-state index < -0.39 is 11.9 Å². The highest BCUT2D eigenvalue weighted by molar-refractivity contribution is 6.00. The van der Waals surface area contributed by atoms with E-state index in [1.165, 1.54) is 12.1 Å². The van der Waals surface area contributed by atoms with E-state index in [-0.39, 0.29) is 37.1 Å². The lowest BCUT2D eigenvalue weighted by atomic mass is 10.1. The second-order valence-corrected chi connectivity index (χ2v) is 5.89. The minimum atomic E-state index is -1.17. The fourth-order valence-electron chi connectivity index (χ4n) is 2.80. The molecule has 136 valence electrons. The summed E-state index contributed by atoms with van der Waals surface area (Å²) in [6.07, 6.45) is 0.121. The average Bonchev–Trinajstić information content (AvgIpc) is 3.27. The van der Waals surface area contributed by atoms with E-state index in [2.05, 4.69) is 5.32 Å². The van der Waals surface area contributed by atoms with Gasteiger partial charge in [0.25, 0.3) is 0 Å². The number of carbonyl (C=O) groups excluding carboxylic acids is 2. The van der Waals surface area contributed by atoms with Crippen molar-refractivity contribution in [2.24, 2.45) is 5.92 Å². The van der Waals surface area contributed by atoms with Crippen LogP contribution >= 0.6 is 0 Å². The molecule has 2 amide bonds. The molecule has 2 N–H and O–H groups in total. The normalized spacial score (nSPS) is 16.6. The number of ether oxygens (including phenoxy) is 1. The molecule has 26 heavy (non-hydrogen) atoms. The number of nitrogens with one attached hydrogen (secondary N) is 1. The minimum Gasteiger partial charge on any atom is -0.497 e. The van der Waals surface area contributed by atoms with Crippen molar-refractivity contribution in [3.63, 3.8) is 0 Å². The molecular formula is C18H18N2O6. The molecule has 1 fully saturated rings. The van der Waals surface area contributed by atoms with Crippen LogP contribution < -0.4 is 15.0 Å². The number of carbonyl (C=O) groups is 3. The van der Waals surface area contributed by atoms with Crippen LogP contribution in [-0.4, -0.2) is 36.5 Å². The molecule has 1 aliphatic rings. The van der Waals surface area contributed by atoms with E-state index in [0.717, 1.165) is 0 Å². The van der Waals surface area contributed by atoms with Gasteiger partial charge in [-0.2, -0.15) is 0 Å². The van der Waals surface area contributed by atoms with Crippen molar-refractivity contribution in [2.75, 3.05) is 18.6 Å². The summed E-state index contributed by atoms with van der Waals surface area (Å²) in [5.41, 5.74) is 0.711. The molecule has 1 aliphatic heterocycles. The lowest BCUT2D eigenvalue weighted by Crippen LogP contribution is -2.32. The number of hydrogen-bond acceptors (Lipinski definition) is 5. The van der Waals surface area contributed by atoms with Gasteiger partial charge < -0.3 is 24.5 Å². The predicted octanol–water partition coefficient (Wildman–Crippen LogP) is 1.66. The Morgan fingerprint density at radius 1 is 1.27 bits per heavy atom. The fraction of sp³-hybridized carbons (Fsp3) is 0.278. The molecular weight excluding hydrogens is 340 g/mol. The predicted molar refractivity (Wildman–Crippen MR) is 91.0 cm³/mol. The summed E-state index contributed by atoms with van der Waals surface area (Å²) in [5, 5.41) is 11.5. The van der Waals surface area contributed by atoms with Crippen LogP contribution in [0.5, 0.6) is 5.75 Å². The fourth-order valence-corrected chi connectivity index (χ4v) is 2.80. The van der Waals surface area contributed by atoms with E-state index >= 15 is 0 Å². The first-order valence-corrected chi connectivity index (χ1v) is 8.02. The summed E-state index contributed by atoms with van der Waals surface area (Å²) in [7, 11) is 1.56. The molecule has 0 bridgehead atoms. The van der Waals surface area contributed by atoms with Crippen LogP contribution in [0.4, 0.5) is 5.69 Å². The van der Waals surface area contributed by atoms with Gasteiger partial charge in [0.1, 0.15) is 11.5 Å². The molecule has 1 unspecified atom stereocenters. The second-order valence-electron chi connectivity index (χ2n) is 5.89. The molecule has 8 nitrogen and oxygen atoms in total. The maximum atomic E-state index is 12.3. The first kappa shape index (κ1) is 17.5. The Morgan fingerprint density at radius 3 is 2.62 bits per heavy atom. The molecule has 2 heterocycles. The monoisotopic (exact) mass is 358 g/mol. The third-order valence-electron chi connectivity index (χ3n) is 4.19. The number of rotatable bonds is 6.